The zero-order valence-corrected chi connectivity index (χ0v) is 15.5. The van der Waals surface area contributed by atoms with Crippen molar-refractivity contribution >= 4 is 29.9 Å². The lowest BCUT2D eigenvalue weighted by atomic mass is 9.68. The van der Waals surface area contributed by atoms with Gasteiger partial charge in [0.15, 0.2) is 0 Å². The Morgan fingerprint density at radius 3 is 2.64 bits per heavy atom. The molecule has 1 amide bonds. The molecule has 2 aromatic rings. The molecular formula is C19H23Cl2N3O. The van der Waals surface area contributed by atoms with Gasteiger partial charge < -0.3 is 11.1 Å². The molecular weight excluding hydrogens is 357 g/mol. The summed E-state index contributed by atoms with van der Waals surface area (Å²) in [4.78, 5) is 16.3. The van der Waals surface area contributed by atoms with Crippen molar-refractivity contribution in [3.05, 3.63) is 64.9 Å². The molecule has 3 rings (SSSR count). The van der Waals surface area contributed by atoms with Crippen molar-refractivity contribution in [2.45, 2.75) is 37.1 Å². The molecule has 1 aliphatic carbocycles. The van der Waals surface area contributed by atoms with Gasteiger partial charge in [-0.25, -0.2) is 0 Å². The van der Waals surface area contributed by atoms with Crippen LogP contribution < -0.4 is 11.1 Å². The van der Waals surface area contributed by atoms with Gasteiger partial charge in [0.05, 0.1) is 5.56 Å². The van der Waals surface area contributed by atoms with E-state index < -0.39 is 0 Å². The van der Waals surface area contributed by atoms with E-state index in [0.29, 0.717) is 12.1 Å². The number of carbonyl (C=O) groups is 1. The smallest absolute Gasteiger partial charge is 0.253 e. The largest absolute Gasteiger partial charge is 0.349 e. The molecule has 0 spiro atoms. The van der Waals surface area contributed by atoms with Crippen LogP contribution in [0.1, 0.15) is 41.6 Å². The number of hydrogen-bond donors (Lipinski definition) is 2. The van der Waals surface area contributed by atoms with Crippen LogP contribution in [0, 0.1) is 0 Å². The van der Waals surface area contributed by atoms with Crippen LogP contribution in [-0.2, 0) is 5.41 Å². The molecule has 4 nitrogen and oxygen atoms in total. The minimum atomic E-state index is -0.0592. The highest BCUT2D eigenvalue weighted by Gasteiger charge is 2.36. The number of halogens is 2. The van der Waals surface area contributed by atoms with Crippen LogP contribution in [-0.4, -0.2) is 23.5 Å². The summed E-state index contributed by atoms with van der Waals surface area (Å²) in [6.45, 7) is 0.594. The number of carbonyl (C=O) groups excluding carboxylic acids is 1. The fraction of sp³-hybridized carbons (Fsp3) is 0.368. The SMILES string of the molecule is Cl.NCC1(c2cccc(Cl)c2)CCC(NC(=O)c2cccnc2)CC1. The topological polar surface area (TPSA) is 68.0 Å². The Morgan fingerprint density at radius 2 is 2.04 bits per heavy atom. The van der Waals surface area contributed by atoms with Crippen LogP contribution >= 0.6 is 24.0 Å². The van der Waals surface area contributed by atoms with Gasteiger partial charge in [-0.15, -0.1) is 12.4 Å². The molecule has 0 aliphatic heterocycles. The van der Waals surface area contributed by atoms with Crippen molar-refractivity contribution < 1.29 is 4.79 Å². The first kappa shape index (κ1) is 19.7. The molecule has 1 aliphatic rings. The van der Waals surface area contributed by atoms with Crippen LogP contribution in [0.4, 0.5) is 0 Å². The summed E-state index contributed by atoms with van der Waals surface area (Å²) in [5.41, 5.74) is 7.88. The third kappa shape index (κ3) is 4.51. The number of amides is 1. The van der Waals surface area contributed by atoms with Gasteiger partial charge in [-0.1, -0.05) is 23.7 Å². The van der Waals surface area contributed by atoms with Crippen LogP contribution in [0.5, 0.6) is 0 Å². The van der Waals surface area contributed by atoms with E-state index in [-0.39, 0.29) is 29.8 Å². The van der Waals surface area contributed by atoms with Gasteiger partial charge in [0.1, 0.15) is 0 Å². The Morgan fingerprint density at radius 1 is 1.28 bits per heavy atom. The predicted octanol–water partition coefficient (Wildman–Crippen LogP) is 3.73. The molecule has 0 radical (unpaired) electrons. The van der Waals surface area contributed by atoms with Crippen molar-refractivity contribution in [3.8, 4) is 0 Å². The normalized spacial score (nSPS) is 22.7. The molecule has 25 heavy (non-hydrogen) atoms. The van der Waals surface area contributed by atoms with E-state index >= 15 is 0 Å². The zero-order chi connectivity index (χ0) is 17.0. The summed E-state index contributed by atoms with van der Waals surface area (Å²) in [6, 6.07) is 11.7. The Balaban J connectivity index is 0.00000225. The minimum absolute atomic E-state index is 0. The second-order valence-corrected chi connectivity index (χ2v) is 6.92. The molecule has 3 N–H and O–H groups in total. The summed E-state index contributed by atoms with van der Waals surface area (Å²) in [5, 5.41) is 3.86. The maximum Gasteiger partial charge on any atom is 0.253 e. The fourth-order valence-electron chi connectivity index (χ4n) is 3.51. The number of hydrogen-bond acceptors (Lipinski definition) is 3. The van der Waals surface area contributed by atoms with E-state index in [1.807, 2.05) is 18.2 Å². The van der Waals surface area contributed by atoms with Crippen molar-refractivity contribution in [3.63, 3.8) is 0 Å². The van der Waals surface area contributed by atoms with Crippen LogP contribution in [0.15, 0.2) is 48.8 Å². The van der Waals surface area contributed by atoms with Crippen molar-refractivity contribution in [1.29, 1.82) is 0 Å². The van der Waals surface area contributed by atoms with Gasteiger partial charge in [-0.3, -0.25) is 9.78 Å². The molecule has 0 saturated heterocycles. The molecule has 1 aromatic carbocycles. The standard InChI is InChI=1S/C19H22ClN3O.ClH/c20-16-5-1-4-15(11-16)19(13-21)8-6-17(7-9-19)23-18(24)14-3-2-10-22-12-14;/h1-5,10-12,17H,6-9,13,21H2,(H,23,24);1H. The van der Waals surface area contributed by atoms with Crippen LogP contribution in [0.3, 0.4) is 0 Å². The Kier molecular flexibility index (Phi) is 6.82. The maximum atomic E-state index is 12.3. The average molecular weight is 380 g/mol. The number of nitrogens with zero attached hydrogens (tertiary/aromatic N) is 1. The summed E-state index contributed by atoms with van der Waals surface area (Å²) < 4.78 is 0. The molecule has 1 heterocycles. The van der Waals surface area contributed by atoms with Gasteiger partial charge in [-0.2, -0.15) is 0 Å². The summed E-state index contributed by atoms with van der Waals surface area (Å²) in [7, 11) is 0. The molecule has 1 saturated carbocycles. The Hall–Kier alpha value is -1.62. The lowest BCUT2D eigenvalue weighted by Gasteiger charge is -2.40. The number of aromatic nitrogens is 1. The van der Waals surface area contributed by atoms with Crippen molar-refractivity contribution in [1.82, 2.24) is 10.3 Å². The quantitative estimate of drug-likeness (QED) is 0.850. The van der Waals surface area contributed by atoms with Gasteiger partial charge >= 0.3 is 0 Å². The second kappa shape index (κ2) is 8.65. The minimum Gasteiger partial charge on any atom is -0.349 e. The van der Waals surface area contributed by atoms with Gasteiger partial charge in [0, 0.05) is 35.4 Å². The van der Waals surface area contributed by atoms with Crippen molar-refractivity contribution in [2.24, 2.45) is 5.73 Å². The highest BCUT2D eigenvalue weighted by molar-refractivity contribution is 6.30. The van der Waals surface area contributed by atoms with Gasteiger partial charge in [0.2, 0.25) is 0 Å². The number of pyridine rings is 1. The highest BCUT2D eigenvalue weighted by atomic mass is 35.5. The maximum absolute atomic E-state index is 12.3. The molecule has 134 valence electrons. The summed E-state index contributed by atoms with van der Waals surface area (Å²) in [6.07, 6.45) is 6.97. The van der Waals surface area contributed by atoms with E-state index in [9.17, 15) is 4.79 Å². The third-order valence-corrected chi connectivity index (χ3v) is 5.26. The Labute approximate surface area is 159 Å². The van der Waals surface area contributed by atoms with Gasteiger partial charge in [-0.05, 0) is 55.5 Å². The fourth-order valence-corrected chi connectivity index (χ4v) is 3.70. The molecule has 0 unspecified atom stereocenters. The van der Waals surface area contributed by atoms with E-state index in [0.717, 1.165) is 30.7 Å². The molecule has 1 fully saturated rings. The monoisotopic (exact) mass is 379 g/mol. The van der Waals surface area contributed by atoms with Gasteiger partial charge in [0.25, 0.3) is 5.91 Å². The lowest BCUT2D eigenvalue weighted by molar-refractivity contribution is 0.0917. The number of nitrogens with two attached hydrogens (primary N) is 1. The second-order valence-electron chi connectivity index (χ2n) is 6.48. The number of rotatable bonds is 4. The molecule has 6 heteroatoms. The third-order valence-electron chi connectivity index (χ3n) is 5.03. The zero-order valence-electron chi connectivity index (χ0n) is 14.0. The first-order valence-corrected chi connectivity index (χ1v) is 8.68. The van der Waals surface area contributed by atoms with E-state index in [2.05, 4.69) is 16.4 Å². The van der Waals surface area contributed by atoms with Crippen molar-refractivity contribution in [2.75, 3.05) is 6.54 Å². The van der Waals surface area contributed by atoms with E-state index in [4.69, 9.17) is 17.3 Å². The molecule has 0 atom stereocenters. The highest BCUT2D eigenvalue weighted by Crippen LogP contribution is 2.39. The molecule has 0 bridgehead atoms. The average Bonchev–Trinajstić information content (AvgIpc) is 2.63. The van der Waals surface area contributed by atoms with Crippen LogP contribution in [0.25, 0.3) is 0 Å². The predicted molar refractivity (Wildman–Crippen MR) is 103 cm³/mol. The van der Waals surface area contributed by atoms with E-state index in [1.54, 1.807) is 24.5 Å². The molecule has 1 aromatic heterocycles. The first-order valence-electron chi connectivity index (χ1n) is 8.30. The summed E-state index contributed by atoms with van der Waals surface area (Å²) >= 11 is 6.14. The lowest BCUT2D eigenvalue weighted by Crippen LogP contribution is -2.45. The Bertz CT molecular complexity index is 701. The first-order chi connectivity index (χ1) is 11.6. The number of nitrogens with one attached hydrogen (secondary N) is 1. The van der Waals surface area contributed by atoms with Crippen LogP contribution in [0.2, 0.25) is 5.02 Å². The van der Waals surface area contributed by atoms with E-state index in [1.165, 1.54) is 5.56 Å². The number of benzene rings is 1. The summed E-state index contributed by atoms with van der Waals surface area (Å²) in [5.74, 6) is -0.0592.